The number of nitrogens with one attached hydrogen (secondary N) is 1. The van der Waals surface area contributed by atoms with Crippen molar-refractivity contribution in [2.75, 3.05) is 26.2 Å². The number of benzene rings is 2. The maximum atomic E-state index is 13.6. The van der Waals surface area contributed by atoms with Crippen LogP contribution in [0.4, 0.5) is 0 Å². The van der Waals surface area contributed by atoms with Gasteiger partial charge in [-0.15, -0.1) is 0 Å². The summed E-state index contributed by atoms with van der Waals surface area (Å²) in [6.07, 6.45) is 6.22. The molecule has 0 spiro atoms. The van der Waals surface area contributed by atoms with Gasteiger partial charge in [0.05, 0.1) is 23.1 Å². The Kier molecular flexibility index (Phi) is 8.03. The molecule has 7 nitrogen and oxygen atoms in total. The minimum absolute atomic E-state index is 0.0321. The summed E-state index contributed by atoms with van der Waals surface area (Å²) in [5, 5.41) is 14.2. The molecular formula is C31H39N3O4. The SMILES string of the molecule is CCC(C)C(C(=O)N1CCC(N2CCC(NC(=O)c3ccc4occc4c3O)CC2)CC1)c1ccccc1. The van der Waals surface area contributed by atoms with Crippen LogP contribution in [0.1, 0.15) is 67.8 Å². The third kappa shape index (κ3) is 5.44. The van der Waals surface area contributed by atoms with E-state index in [1.807, 2.05) is 18.2 Å². The number of hydrogen-bond donors (Lipinski definition) is 2. The number of hydrogen-bond acceptors (Lipinski definition) is 5. The number of rotatable bonds is 7. The molecule has 2 fully saturated rings. The second-order valence-corrected chi connectivity index (χ2v) is 10.9. The van der Waals surface area contributed by atoms with Gasteiger partial charge in [-0.2, -0.15) is 0 Å². The van der Waals surface area contributed by atoms with Crippen molar-refractivity contribution in [3.63, 3.8) is 0 Å². The zero-order chi connectivity index (χ0) is 26.6. The van der Waals surface area contributed by atoms with E-state index in [9.17, 15) is 14.7 Å². The van der Waals surface area contributed by atoms with Crippen molar-refractivity contribution in [2.24, 2.45) is 5.92 Å². The van der Waals surface area contributed by atoms with Gasteiger partial charge in [-0.1, -0.05) is 50.6 Å². The second kappa shape index (κ2) is 11.6. The molecule has 7 heteroatoms. The van der Waals surface area contributed by atoms with Crippen LogP contribution in [0, 0.1) is 5.92 Å². The monoisotopic (exact) mass is 517 g/mol. The Balaban J connectivity index is 1.12. The lowest BCUT2D eigenvalue weighted by Gasteiger charge is -2.42. The van der Waals surface area contributed by atoms with Crippen molar-refractivity contribution in [1.82, 2.24) is 15.1 Å². The topological polar surface area (TPSA) is 86.0 Å². The number of amides is 2. The number of fused-ring (bicyclic) bond motifs is 1. The predicted molar refractivity (Wildman–Crippen MR) is 148 cm³/mol. The average Bonchev–Trinajstić information content (AvgIpc) is 3.44. The Morgan fingerprint density at radius 2 is 1.71 bits per heavy atom. The summed E-state index contributed by atoms with van der Waals surface area (Å²) in [6.45, 7) is 7.80. The van der Waals surface area contributed by atoms with E-state index < -0.39 is 0 Å². The highest BCUT2D eigenvalue weighted by atomic mass is 16.3. The number of phenolic OH excluding ortho intramolecular Hbond substituents is 1. The van der Waals surface area contributed by atoms with Gasteiger partial charge in [-0.05, 0) is 55.4 Å². The third-order valence-corrected chi connectivity index (χ3v) is 8.65. The van der Waals surface area contributed by atoms with Crippen LogP contribution in [0.2, 0.25) is 0 Å². The fourth-order valence-corrected chi connectivity index (χ4v) is 6.14. The zero-order valence-electron chi connectivity index (χ0n) is 22.4. The molecule has 202 valence electrons. The molecule has 0 bridgehead atoms. The molecule has 2 atom stereocenters. The third-order valence-electron chi connectivity index (χ3n) is 8.65. The van der Waals surface area contributed by atoms with E-state index in [1.165, 1.54) is 6.26 Å². The van der Waals surface area contributed by atoms with Gasteiger partial charge in [-0.25, -0.2) is 0 Å². The predicted octanol–water partition coefficient (Wildman–Crippen LogP) is 5.15. The fourth-order valence-electron chi connectivity index (χ4n) is 6.14. The van der Waals surface area contributed by atoms with E-state index in [0.29, 0.717) is 22.9 Å². The molecule has 0 saturated carbocycles. The summed E-state index contributed by atoms with van der Waals surface area (Å²) in [6, 6.07) is 15.8. The van der Waals surface area contributed by atoms with Gasteiger partial charge >= 0.3 is 0 Å². The molecule has 1 aromatic heterocycles. The lowest BCUT2D eigenvalue weighted by atomic mass is 9.84. The van der Waals surface area contributed by atoms with Crippen LogP contribution in [0.3, 0.4) is 0 Å². The Labute approximate surface area is 224 Å². The van der Waals surface area contributed by atoms with E-state index >= 15 is 0 Å². The maximum absolute atomic E-state index is 13.6. The van der Waals surface area contributed by atoms with Gasteiger partial charge in [0.15, 0.2) is 0 Å². The molecule has 5 rings (SSSR count). The van der Waals surface area contributed by atoms with Crippen molar-refractivity contribution in [2.45, 2.75) is 64.0 Å². The standard InChI is InChI=1S/C31H39N3O4/c1-3-21(2)28(22-7-5-4-6-8-22)31(37)34-18-13-24(14-19-34)33-16-11-23(12-17-33)32-30(36)26-9-10-27-25(29(26)35)15-20-38-27/h4-10,15,20-21,23-24,28,35H,3,11-14,16-19H2,1-2H3,(H,32,36). The summed E-state index contributed by atoms with van der Waals surface area (Å²) in [7, 11) is 0. The van der Waals surface area contributed by atoms with Gasteiger partial charge in [0.25, 0.3) is 5.91 Å². The van der Waals surface area contributed by atoms with Crippen LogP contribution in [0.25, 0.3) is 11.0 Å². The minimum atomic E-state index is -0.245. The molecule has 2 unspecified atom stereocenters. The van der Waals surface area contributed by atoms with Gasteiger partial charge in [0.1, 0.15) is 11.3 Å². The normalized spacial score (nSPS) is 19.4. The number of carbonyl (C=O) groups excluding carboxylic acids is 2. The molecule has 0 aliphatic carbocycles. The number of likely N-dealkylation sites (tertiary alicyclic amines) is 2. The Morgan fingerprint density at radius 3 is 2.39 bits per heavy atom. The fraction of sp³-hybridized carbons (Fsp3) is 0.484. The summed E-state index contributed by atoms with van der Waals surface area (Å²) in [5.74, 6) is 0.217. The van der Waals surface area contributed by atoms with Crippen LogP contribution < -0.4 is 5.32 Å². The molecule has 2 aromatic carbocycles. The molecule has 3 heterocycles. The van der Waals surface area contributed by atoms with Crippen LogP contribution in [0.15, 0.2) is 59.2 Å². The number of piperidine rings is 2. The molecule has 2 saturated heterocycles. The van der Waals surface area contributed by atoms with E-state index in [4.69, 9.17) is 4.42 Å². The lowest BCUT2D eigenvalue weighted by molar-refractivity contribution is -0.135. The largest absolute Gasteiger partial charge is 0.506 e. The summed E-state index contributed by atoms with van der Waals surface area (Å²) in [4.78, 5) is 31.0. The van der Waals surface area contributed by atoms with E-state index in [2.05, 4.69) is 41.1 Å². The molecule has 3 aromatic rings. The van der Waals surface area contributed by atoms with Crippen LogP contribution >= 0.6 is 0 Å². The molecule has 0 radical (unpaired) electrons. The zero-order valence-corrected chi connectivity index (χ0v) is 22.4. The van der Waals surface area contributed by atoms with Gasteiger partial charge in [0.2, 0.25) is 5.91 Å². The van der Waals surface area contributed by atoms with Gasteiger partial charge in [0, 0.05) is 38.3 Å². The highest BCUT2D eigenvalue weighted by molar-refractivity contribution is 6.02. The first-order valence-corrected chi connectivity index (χ1v) is 14.0. The number of phenols is 1. The molecule has 2 amide bonds. The summed E-state index contributed by atoms with van der Waals surface area (Å²) < 4.78 is 5.30. The van der Waals surface area contributed by atoms with Crippen LogP contribution in [0.5, 0.6) is 5.75 Å². The maximum Gasteiger partial charge on any atom is 0.255 e. The number of nitrogens with zero attached hydrogens (tertiary/aromatic N) is 2. The van der Waals surface area contributed by atoms with Gasteiger partial charge in [-0.3, -0.25) is 9.59 Å². The van der Waals surface area contributed by atoms with E-state index in [-0.39, 0.29) is 35.1 Å². The van der Waals surface area contributed by atoms with Gasteiger partial charge < -0.3 is 24.6 Å². The molecule has 2 aliphatic rings. The Hall–Kier alpha value is -3.32. The van der Waals surface area contributed by atoms with Crippen molar-refractivity contribution in [3.05, 3.63) is 65.9 Å². The quantitative estimate of drug-likeness (QED) is 0.453. The first-order chi connectivity index (χ1) is 18.5. The first kappa shape index (κ1) is 26.3. The minimum Gasteiger partial charge on any atom is -0.506 e. The summed E-state index contributed by atoms with van der Waals surface area (Å²) in [5.41, 5.74) is 1.97. The molecule has 38 heavy (non-hydrogen) atoms. The smallest absolute Gasteiger partial charge is 0.255 e. The number of furan rings is 1. The van der Waals surface area contributed by atoms with E-state index in [1.54, 1.807) is 18.2 Å². The van der Waals surface area contributed by atoms with E-state index in [0.717, 1.165) is 63.8 Å². The van der Waals surface area contributed by atoms with Crippen LogP contribution in [-0.4, -0.2) is 65.0 Å². The first-order valence-electron chi connectivity index (χ1n) is 14.0. The van der Waals surface area contributed by atoms with Crippen molar-refractivity contribution < 1.29 is 19.1 Å². The number of carbonyl (C=O) groups is 2. The molecule has 2 N–H and O–H groups in total. The average molecular weight is 518 g/mol. The van der Waals surface area contributed by atoms with Crippen LogP contribution in [-0.2, 0) is 4.79 Å². The molecular weight excluding hydrogens is 478 g/mol. The highest BCUT2D eigenvalue weighted by Crippen LogP contribution is 2.32. The Bertz CT molecular complexity index is 1240. The molecule has 2 aliphatic heterocycles. The second-order valence-electron chi connectivity index (χ2n) is 10.9. The highest BCUT2D eigenvalue weighted by Gasteiger charge is 2.34. The summed E-state index contributed by atoms with van der Waals surface area (Å²) >= 11 is 0. The lowest BCUT2D eigenvalue weighted by Crippen LogP contribution is -2.52. The van der Waals surface area contributed by atoms with Crippen molar-refractivity contribution in [3.8, 4) is 5.75 Å². The Morgan fingerprint density at radius 1 is 1.00 bits per heavy atom. The van der Waals surface area contributed by atoms with Crippen molar-refractivity contribution in [1.29, 1.82) is 0 Å². The number of aromatic hydroxyl groups is 1. The van der Waals surface area contributed by atoms with Crippen molar-refractivity contribution >= 4 is 22.8 Å².